The molecule has 0 aliphatic heterocycles. The molecule has 0 saturated heterocycles. The van der Waals surface area contributed by atoms with Gasteiger partial charge in [0.05, 0.1) is 0 Å². The molecule has 0 aromatic heterocycles. The largest absolute Gasteiger partial charge is 0.482 e. The van der Waals surface area contributed by atoms with Crippen LogP contribution in [0.4, 0.5) is 0 Å². The van der Waals surface area contributed by atoms with Crippen molar-refractivity contribution in [3.63, 3.8) is 0 Å². The number of rotatable bonds is 0. The van der Waals surface area contributed by atoms with Crippen LogP contribution >= 0.6 is 0 Å². The van der Waals surface area contributed by atoms with E-state index >= 15 is 0 Å². The van der Waals surface area contributed by atoms with Crippen molar-refractivity contribution in [1.82, 2.24) is 12.3 Å². The summed E-state index contributed by atoms with van der Waals surface area (Å²) in [5.41, 5.74) is 0. The van der Waals surface area contributed by atoms with Crippen molar-refractivity contribution >= 4 is 0 Å². The first-order valence-corrected chi connectivity index (χ1v) is 0.801. The molecule has 0 fully saturated rings. The first-order chi connectivity index (χ1) is 1.73. The quantitative estimate of drug-likeness (QED) is 0.334. The monoisotopic (exact) mass is 94.1 g/mol. The summed E-state index contributed by atoms with van der Waals surface area (Å²) in [6, 6.07) is 0. The number of hydrogen-bond donors (Lipinski definition) is 4. The van der Waals surface area contributed by atoms with Crippen molar-refractivity contribution in [2.75, 3.05) is 0 Å². The molecule has 0 spiro atoms. The molecule has 0 atom stereocenters. The molecule has 0 bridgehead atoms. The Bertz CT molecular complexity index is 32.5. The summed E-state index contributed by atoms with van der Waals surface area (Å²) < 4.78 is 0. The lowest BCUT2D eigenvalue weighted by Gasteiger charge is -1.69. The fraction of sp³-hybridized carbons (Fsp3) is 0. The molecule has 4 nitrogen and oxygen atoms in total. The van der Waals surface area contributed by atoms with Gasteiger partial charge in [-0.2, -0.15) is 0 Å². The molecule has 40 valence electrons. The molecule has 8 N–H and O–H groups in total. The summed E-state index contributed by atoms with van der Waals surface area (Å²) >= 11 is 0. The van der Waals surface area contributed by atoms with Gasteiger partial charge in [-0.05, 0) is 6.58 Å². The molecule has 0 saturated carbocycles. The molecule has 6 heavy (non-hydrogen) atoms. The second-order valence-electron chi connectivity index (χ2n) is 0.416. The van der Waals surface area contributed by atoms with E-state index in [9.17, 15) is 0 Å². The van der Waals surface area contributed by atoms with Crippen LogP contribution in [-0.2, 0) is 0 Å². The smallest absolute Gasteiger partial charge is 0.266 e. The Labute approximate surface area is 36.3 Å². The van der Waals surface area contributed by atoms with Crippen LogP contribution in [0.25, 0.3) is 0 Å². The average molecular weight is 94.1 g/mol. The topological polar surface area (TPSA) is 110 Å². The number of aliphatic hydroxyl groups excluding tert-OH is 1. The lowest BCUT2D eigenvalue weighted by molar-refractivity contribution is 0.194. The maximum absolute atomic E-state index is 7.42. The highest BCUT2D eigenvalue weighted by molar-refractivity contribution is 4.54. The van der Waals surface area contributed by atoms with Crippen LogP contribution in [0.3, 0.4) is 0 Å². The zero-order valence-electron chi connectivity index (χ0n) is 3.52. The lowest BCUT2D eigenvalue weighted by Crippen LogP contribution is -1.62. The molecule has 0 aromatic carbocycles. The summed E-state index contributed by atoms with van der Waals surface area (Å²) in [6.45, 7) is 2.67. The molecule has 0 aliphatic rings. The summed E-state index contributed by atoms with van der Waals surface area (Å²) in [6.07, 6.45) is 0. The van der Waals surface area contributed by atoms with E-state index in [1.807, 2.05) is 0 Å². The van der Waals surface area contributed by atoms with E-state index in [2.05, 4.69) is 6.58 Å². The highest BCUT2D eigenvalue weighted by Gasteiger charge is 1.56. The van der Waals surface area contributed by atoms with Gasteiger partial charge < -0.3 is 22.5 Å². The molecule has 0 aromatic rings. The maximum Gasteiger partial charge on any atom is 0.266 e. The Balaban J connectivity index is -0.0000000450. The van der Waals surface area contributed by atoms with Crippen molar-refractivity contribution < 1.29 is 10.2 Å². The van der Waals surface area contributed by atoms with E-state index in [-0.39, 0.29) is 12.3 Å². The Hall–Kier alpha value is -0.740. The van der Waals surface area contributed by atoms with E-state index in [1.165, 1.54) is 0 Å². The molecule has 0 unspecified atom stereocenters. The molecule has 0 radical (unpaired) electrons. The highest BCUT2D eigenvalue weighted by Crippen LogP contribution is 1.58. The van der Waals surface area contributed by atoms with Crippen molar-refractivity contribution in [1.29, 1.82) is 0 Å². The van der Waals surface area contributed by atoms with Gasteiger partial charge in [0.2, 0.25) is 0 Å². The van der Waals surface area contributed by atoms with Crippen molar-refractivity contribution in [2.24, 2.45) is 0 Å². The third-order valence-electron chi connectivity index (χ3n) is 0. The third kappa shape index (κ3) is 30.4. The second-order valence-corrected chi connectivity index (χ2v) is 0.416. The SMILES string of the molecule is C=C(O)O.N.N. The van der Waals surface area contributed by atoms with E-state index in [4.69, 9.17) is 10.2 Å². The zero-order valence-corrected chi connectivity index (χ0v) is 3.52. The highest BCUT2D eigenvalue weighted by atomic mass is 16.5. The second kappa shape index (κ2) is 8.86. The Morgan fingerprint density at radius 2 is 1.17 bits per heavy atom. The standard InChI is InChI=1S/C2H4O2.2H3N/c1-2(3)4;;/h3-4H,1H2;2*1H3. The minimum atomic E-state index is -0.833. The van der Waals surface area contributed by atoms with Crippen molar-refractivity contribution in [3.8, 4) is 0 Å². The Morgan fingerprint density at radius 3 is 1.17 bits per heavy atom. The predicted molar refractivity (Wildman–Crippen MR) is 24.4 cm³/mol. The molecular weight excluding hydrogens is 84.0 g/mol. The van der Waals surface area contributed by atoms with E-state index < -0.39 is 5.95 Å². The normalized spacial score (nSPS) is 4.00. The van der Waals surface area contributed by atoms with Gasteiger partial charge in [-0.25, -0.2) is 0 Å². The Morgan fingerprint density at radius 1 is 1.17 bits per heavy atom. The summed E-state index contributed by atoms with van der Waals surface area (Å²) in [7, 11) is 0. The number of hydrogen-bond acceptors (Lipinski definition) is 4. The minimum absolute atomic E-state index is 0. The lowest BCUT2D eigenvalue weighted by atomic mass is 11.1. The fourth-order valence-electron chi connectivity index (χ4n) is 0. The van der Waals surface area contributed by atoms with Crippen LogP contribution in [0.5, 0.6) is 0 Å². The predicted octanol–water partition coefficient (Wildman–Crippen LogP) is 0.898. The molecular formula is C2H10N2O2. The third-order valence-corrected chi connectivity index (χ3v) is 0. The van der Waals surface area contributed by atoms with Gasteiger partial charge in [0.1, 0.15) is 0 Å². The van der Waals surface area contributed by atoms with Gasteiger partial charge in [0.25, 0.3) is 5.95 Å². The van der Waals surface area contributed by atoms with Gasteiger partial charge in [-0.1, -0.05) is 0 Å². The van der Waals surface area contributed by atoms with Crippen LogP contribution in [0, 0.1) is 0 Å². The molecule has 0 rings (SSSR count). The molecule has 4 heteroatoms. The van der Waals surface area contributed by atoms with Crippen molar-refractivity contribution in [2.45, 2.75) is 0 Å². The summed E-state index contributed by atoms with van der Waals surface area (Å²) in [4.78, 5) is 0. The molecule has 0 amide bonds. The van der Waals surface area contributed by atoms with Crippen LogP contribution < -0.4 is 12.3 Å². The zero-order chi connectivity index (χ0) is 3.58. The van der Waals surface area contributed by atoms with E-state index in [1.54, 1.807) is 0 Å². The Kier molecular flexibility index (Phi) is 27.6. The average Bonchev–Trinajstić information content (AvgIpc) is 0.811. The van der Waals surface area contributed by atoms with Gasteiger partial charge in [-0.3, -0.25) is 0 Å². The van der Waals surface area contributed by atoms with Crippen LogP contribution in [0.15, 0.2) is 12.5 Å². The molecule has 0 aliphatic carbocycles. The molecule has 0 heterocycles. The maximum atomic E-state index is 7.42. The van der Waals surface area contributed by atoms with Gasteiger partial charge in [0.15, 0.2) is 0 Å². The van der Waals surface area contributed by atoms with Gasteiger partial charge in [-0.15, -0.1) is 0 Å². The van der Waals surface area contributed by atoms with Crippen LogP contribution in [0.2, 0.25) is 0 Å². The number of aliphatic hydroxyl groups is 2. The van der Waals surface area contributed by atoms with Gasteiger partial charge >= 0.3 is 0 Å². The summed E-state index contributed by atoms with van der Waals surface area (Å²) in [5.74, 6) is -0.833. The van der Waals surface area contributed by atoms with Gasteiger partial charge in [0, 0.05) is 0 Å². The fourth-order valence-corrected chi connectivity index (χ4v) is 0. The van der Waals surface area contributed by atoms with Crippen molar-refractivity contribution in [3.05, 3.63) is 12.5 Å². The first-order valence-electron chi connectivity index (χ1n) is 0.801. The van der Waals surface area contributed by atoms with E-state index in [0.717, 1.165) is 0 Å². The van der Waals surface area contributed by atoms with Crippen LogP contribution in [0.1, 0.15) is 0 Å². The van der Waals surface area contributed by atoms with Crippen LogP contribution in [-0.4, -0.2) is 10.2 Å². The summed E-state index contributed by atoms with van der Waals surface area (Å²) in [5, 5.41) is 14.8. The first kappa shape index (κ1) is 18.7. The van der Waals surface area contributed by atoms with E-state index in [0.29, 0.717) is 0 Å². The minimum Gasteiger partial charge on any atom is -0.482 e.